The lowest BCUT2D eigenvalue weighted by Gasteiger charge is -2.11. The number of Topliss-reactive ketones (excluding diaryl/α,β-unsaturated/α-hetero) is 1. The van der Waals surface area contributed by atoms with Gasteiger partial charge in [0.15, 0.2) is 17.3 Å². The van der Waals surface area contributed by atoms with Gasteiger partial charge in [0, 0.05) is 0 Å². The Balaban J connectivity index is 2.31. The number of ketones is 1. The monoisotopic (exact) mass is 278 g/mol. The molecule has 0 spiro atoms. The average Bonchev–Trinajstić information content (AvgIpc) is 2.81. The molecule has 2 rings (SSSR count). The number of benzene rings is 1. The summed E-state index contributed by atoms with van der Waals surface area (Å²) in [5, 5.41) is 0. The molecule has 0 amide bonds. The van der Waals surface area contributed by atoms with Gasteiger partial charge in [-0.25, -0.2) is 0 Å². The van der Waals surface area contributed by atoms with Crippen LogP contribution in [0.4, 0.5) is 0 Å². The molecule has 0 radical (unpaired) electrons. The van der Waals surface area contributed by atoms with Crippen molar-refractivity contribution < 1.29 is 23.8 Å². The number of hydrogen-bond acceptors (Lipinski definition) is 5. The molecular formula is C15H18O5. The van der Waals surface area contributed by atoms with E-state index in [2.05, 4.69) is 0 Å². The summed E-state index contributed by atoms with van der Waals surface area (Å²) in [4.78, 5) is 24.3. The van der Waals surface area contributed by atoms with Gasteiger partial charge in [0.05, 0.1) is 26.4 Å². The van der Waals surface area contributed by atoms with Crippen LogP contribution in [0.1, 0.15) is 29.3 Å². The van der Waals surface area contributed by atoms with Gasteiger partial charge in [-0.15, -0.1) is 0 Å². The van der Waals surface area contributed by atoms with Crippen molar-refractivity contribution in [2.24, 2.45) is 5.92 Å². The summed E-state index contributed by atoms with van der Waals surface area (Å²) in [6, 6.07) is 3.53. The Bertz CT molecular complexity index is 535. The van der Waals surface area contributed by atoms with E-state index in [1.165, 1.54) is 14.2 Å². The summed E-state index contributed by atoms with van der Waals surface area (Å²) in [6.45, 7) is 2.24. The van der Waals surface area contributed by atoms with Crippen molar-refractivity contribution in [1.82, 2.24) is 0 Å². The fourth-order valence-electron chi connectivity index (χ4n) is 2.39. The standard InChI is InChI=1S/C15H18O5/c1-4-7-20-15(17)10-8-9-5-6-11(18-2)14(19-3)12(9)13(10)16/h5-6,10H,4,7-8H2,1-3H3. The highest BCUT2D eigenvalue weighted by Crippen LogP contribution is 2.40. The highest BCUT2D eigenvalue weighted by Gasteiger charge is 2.40. The van der Waals surface area contributed by atoms with Gasteiger partial charge in [-0.2, -0.15) is 0 Å². The van der Waals surface area contributed by atoms with Crippen LogP contribution in [-0.4, -0.2) is 32.6 Å². The normalized spacial score (nSPS) is 16.8. The molecule has 1 unspecified atom stereocenters. The maximum absolute atomic E-state index is 12.4. The Morgan fingerprint density at radius 2 is 2.05 bits per heavy atom. The third kappa shape index (κ3) is 2.35. The highest BCUT2D eigenvalue weighted by atomic mass is 16.5. The van der Waals surface area contributed by atoms with Crippen LogP contribution in [-0.2, 0) is 16.0 Å². The van der Waals surface area contributed by atoms with Crippen LogP contribution in [0.3, 0.4) is 0 Å². The van der Waals surface area contributed by atoms with Crippen LogP contribution in [0.2, 0.25) is 0 Å². The zero-order valence-corrected chi connectivity index (χ0v) is 11.9. The van der Waals surface area contributed by atoms with Crippen molar-refractivity contribution in [3.05, 3.63) is 23.3 Å². The van der Waals surface area contributed by atoms with Crippen LogP contribution in [0.25, 0.3) is 0 Å². The van der Waals surface area contributed by atoms with Gasteiger partial charge in [0.2, 0.25) is 0 Å². The minimum atomic E-state index is -0.766. The van der Waals surface area contributed by atoms with Crippen molar-refractivity contribution in [3.63, 3.8) is 0 Å². The molecule has 1 aromatic carbocycles. The minimum absolute atomic E-state index is 0.253. The Morgan fingerprint density at radius 3 is 2.65 bits per heavy atom. The molecule has 0 N–H and O–H groups in total. The lowest BCUT2D eigenvalue weighted by molar-refractivity contribution is -0.146. The van der Waals surface area contributed by atoms with Crippen molar-refractivity contribution >= 4 is 11.8 Å². The topological polar surface area (TPSA) is 61.8 Å². The van der Waals surface area contributed by atoms with E-state index < -0.39 is 11.9 Å². The SMILES string of the molecule is CCCOC(=O)C1Cc2ccc(OC)c(OC)c2C1=O. The van der Waals surface area contributed by atoms with E-state index in [1.54, 1.807) is 12.1 Å². The third-order valence-corrected chi connectivity index (χ3v) is 3.35. The Labute approximate surface area is 117 Å². The Hall–Kier alpha value is -2.04. The lowest BCUT2D eigenvalue weighted by Crippen LogP contribution is -2.23. The summed E-state index contributed by atoms with van der Waals surface area (Å²) in [5.74, 6) is -0.605. The number of esters is 1. The molecule has 0 aromatic heterocycles. The van der Waals surface area contributed by atoms with Gasteiger partial charge in [0.1, 0.15) is 5.92 Å². The maximum atomic E-state index is 12.4. The van der Waals surface area contributed by atoms with Gasteiger partial charge < -0.3 is 14.2 Å². The molecule has 1 aliphatic carbocycles. The zero-order valence-electron chi connectivity index (χ0n) is 11.9. The fourth-order valence-corrected chi connectivity index (χ4v) is 2.39. The number of fused-ring (bicyclic) bond motifs is 1. The predicted octanol–water partition coefficient (Wildman–Crippen LogP) is 2.01. The fraction of sp³-hybridized carbons (Fsp3) is 0.467. The first-order chi connectivity index (χ1) is 9.63. The molecule has 0 heterocycles. The van der Waals surface area contributed by atoms with Gasteiger partial charge in [-0.3, -0.25) is 9.59 Å². The number of rotatable bonds is 5. The van der Waals surface area contributed by atoms with Crippen LogP contribution in [0, 0.1) is 5.92 Å². The smallest absolute Gasteiger partial charge is 0.317 e. The molecule has 108 valence electrons. The second-order valence-electron chi connectivity index (χ2n) is 4.62. The zero-order chi connectivity index (χ0) is 14.7. The Kier molecular flexibility index (Phi) is 4.27. The molecule has 1 atom stereocenters. The van der Waals surface area contributed by atoms with E-state index in [0.29, 0.717) is 30.1 Å². The highest BCUT2D eigenvalue weighted by molar-refractivity contribution is 6.14. The first-order valence-electron chi connectivity index (χ1n) is 6.58. The van der Waals surface area contributed by atoms with Crippen LogP contribution in [0.5, 0.6) is 11.5 Å². The molecule has 0 saturated carbocycles. The van der Waals surface area contributed by atoms with Gasteiger partial charge >= 0.3 is 5.97 Å². The molecular weight excluding hydrogens is 260 g/mol. The van der Waals surface area contributed by atoms with Crippen molar-refractivity contribution in [2.45, 2.75) is 19.8 Å². The van der Waals surface area contributed by atoms with Crippen molar-refractivity contribution in [3.8, 4) is 11.5 Å². The van der Waals surface area contributed by atoms with Crippen LogP contribution < -0.4 is 9.47 Å². The molecule has 0 bridgehead atoms. The van der Waals surface area contributed by atoms with E-state index in [0.717, 1.165) is 12.0 Å². The second-order valence-corrected chi connectivity index (χ2v) is 4.62. The summed E-state index contributed by atoms with van der Waals surface area (Å²) in [6.07, 6.45) is 1.09. The maximum Gasteiger partial charge on any atom is 0.317 e. The van der Waals surface area contributed by atoms with Crippen LogP contribution >= 0.6 is 0 Å². The van der Waals surface area contributed by atoms with Crippen LogP contribution in [0.15, 0.2) is 12.1 Å². The van der Waals surface area contributed by atoms with Gasteiger partial charge in [-0.05, 0) is 24.5 Å². The third-order valence-electron chi connectivity index (χ3n) is 3.35. The summed E-state index contributed by atoms with van der Waals surface area (Å²) >= 11 is 0. The van der Waals surface area contributed by atoms with Crippen molar-refractivity contribution in [1.29, 1.82) is 0 Å². The summed E-state index contributed by atoms with van der Waals surface area (Å²) in [7, 11) is 2.99. The van der Waals surface area contributed by atoms with E-state index in [1.807, 2.05) is 6.92 Å². The number of carbonyl (C=O) groups is 2. The largest absolute Gasteiger partial charge is 0.493 e. The molecule has 0 fully saturated rings. The van der Waals surface area contributed by atoms with Gasteiger partial charge in [0.25, 0.3) is 0 Å². The predicted molar refractivity (Wildman–Crippen MR) is 72.3 cm³/mol. The van der Waals surface area contributed by atoms with E-state index in [-0.39, 0.29) is 5.78 Å². The first kappa shape index (κ1) is 14.4. The quantitative estimate of drug-likeness (QED) is 0.609. The lowest BCUT2D eigenvalue weighted by atomic mass is 10.1. The molecule has 1 aromatic rings. The van der Waals surface area contributed by atoms with Crippen molar-refractivity contribution in [2.75, 3.05) is 20.8 Å². The molecule has 1 aliphatic rings. The summed E-state index contributed by atoms with van der Waals surface area (Å²) in [5.41, 5.74) is 1.23. The van der Waals surface area contributed by atoms with E-state index in [4.69, 9.17) is 14.2 Å². The molecule has 5 heteroatoms. The van der Waals surface area contributed by atoms with E-state index >= 15 is 0 Å². The molecule has 0 aliphatic heterocycles. The first-order valence-corrected chi connectivity index (χ1v) is 6.58. The average molecular weight is 278 g/mol. The molecule has 0 saturated heterocycles. The van der Waals surface area contributed by atoms with Gasteiger partial charge in [-0.1, -0.05) is 13.0 Å². The van der Waals surface area contributed by atoms with E-state index in [9.17, 15) is 9.59 Å². The number of hydrogen-bond donors (Lipinski definition) is 0. The summed E-state index contributed by atoms with van der Waals surface area (Å²) < 4.78 is 15.5. The molecule has 20 heavy (non-hydrogen) atoms. The number of methoxy groups -OCH3 is 2. The minimum Gasteiger partial charge on any atom is -0.493 e. The Morgan fingerprint density at radius 1 is 1.30 bits per heavy atom. The number of carbonyl (C=O) groups excluding carboxylic acids is 2. The molecule has 5 nitrogen and oxygen atoms in total. The second kappa shape index (κ2) is 5.94. The number of ether oxygens (including phenoxy) is 3.